The molecule has 0 fully saturated rings. The van der Waals surface area contributed by atoms with Crippen LogP contribution in [0.15, 0.2) is 82.1 Å². The molecule has 0 aliphatic carbocycles. The lowest BCUT2D eigenvalue weighted by Gasteiger charge is -2.31. The van der Waals surface area contributed by atoms with Crippen molar-refractivity contribution in [2.75, 3.05) is 17.2 Å². The van der Waals surface area contributed by atoms with Gasteiger partial charge in [-0.3, -0.25) is 0 Å². The Morgan fingerprint density at radius 2 is 1.68 bits per heavy atom. The Kier molecular flexibility index (Phi) is 4.71. The van der Waals surface area contributed by atoms with Crippen LogP contribution < -0.4 is 10.6 Å². The summed E-state index contributed by atoms with van der Waals surface area (Å²) in [5, 5.41) is 5.76. The van der Waals surface area contributed by atoms with Crippen LogP contribution in [-0.4, -0.2) is 31.7 Å². The van der Waals surface area contributed by atoms with Crippen LogP contribution in [0.1, 0.15) is 16.7 Å². The molecule has 2 aliphatic heterocycles. The van der Waals surface area contributed by atoms with Crippen LogP contribution in [0, 0.1) is 0 Å². The number of fused-ring (bicyclic) bond motifs is 2. The summed E-state index contributed by atoms with van der Waals surface area (Å²) in [6.07, 6.45) is 0.665. The molecule has 5 rings (SSSR count). The highest BCUT2D eigenvalue weighted by molar-refractivity contribution is 7.90. The molecule has 156 valence electrons. The maximum atomic E-state index is 12.4. The van der Waals surface area contributed by atoms with Gasteiger partial charge in [0.2, 0.25) is 0 Å². The van der Waals surface area contributed by atoms with Crippen molar-refractivity contribution >= 4 is 33.3 Å². The van der Waals surface area contributed by atoms with Gasteiger partial charge in [-0.05, 0) is 47.9 Å². The molecular weight excluding hydrogens is 412 g/mol. The third-order valence-corrected chi connectivity index (χ3v) is 6.78. The summed E-state index contributed by atoms with van der Waals surface area (Å²) in [6.45, 7) is 1.13. The molecule has 0 radical (unpaired) electrons. The number of carbonyl (C=O) groups excluding carboxylic acids is 1. The van der Waals surface area contributed by atoms with Crippen LogP contribution in [0.5, 0.6) is 0 Å². The van der Waals surface area contributed by atoms with Gasteiger partial charge in [-0.1, -0.05) is 42.5 Å². The molecule has 0 saturated carbocycles. The van der Waals surface area contributed by atoms with E-state index in [2.05, 4.69) is 15.0 Å². The fraction of sp³-hybridized carbons (Fsp3) is 0.130. The highest BCUT2D eigenvalue weighted by Gasteiger charge is 2.33. The first-order valence-electron chi connectivity index (χ1n) is 9.94. The Morgan fingerprint density at radius 1 is 0.903 bits per heavy atom. The molecule has 0 spiro atoms. The minimum atomic E-state index is -3.65. The largest absolute Gasteiger partial charge is 0.351 e. The number of rotatable bonds is 2. The second-order valence-corrected chi connectivity index (χ2v) is 9.02. The number of sulfonamides is 1. The molecule has 8 heteroatoms. The molecule has 0 unspecified atom stereocenters. The van der Waals surface area contributed by atoms with Gasteiger partial charge in [0.1, 0.15) is 4.90 Å². The van der Waals surface area contributed by atoms with E-state index < -0.39 is 10.0 Å². The first-order chi connectivity index (χ1) is 15.0. The van der Waals surface area contributed by atoms with Crippen molar-refractivity contribution in [1.82, 2.24) is 4.90 Å². The molecule has 3 aromatic carbocycles. The van der Waals surface area contributed by atoms with Crippen LogP contribution in [0.4, 0.5) is 16.2 Å². The van der Waals surface area contributed by atoms with Crippen LogP contribution in [0.2, 0.25) is 0 Å². The van der Waals surface area contributed by atoms with Crippen LogP contribution >= 0.6 is 0 Å². The second kappa shape index (κ2) is 7.55. The first kappa shape index (κ1) is 19.3. The molecule has 0 saturated heterocycles. The lowest BCUT2D eigenvalue weighted by molar-refractivity contribution is 0.262. The zero-order chi connectivity index (χ0) is 21.4. The van der Waals surface area contributed by atoms with Gasteiger partial charge in [-0.2, -0.15) is 8.42 Å². The van der Waals surface area contributed by atoms with Crippen molar-refractivity contribution in [1.29, 1.82) is 0 Å². The van der Waals surface area contributed by atoms with E-state index in [4.69, 9.17) is 0 Å². The standard InChI is InChI=1S/C23H20N4O3S/c28-23(24-17-8-2-1-3-9-17)25-20-11-6-7-16-15-27(14-13-18(16)20)22-19-10-4-5-12-21(19)31(29,30)26-22/h1-12H,13-15H2,(H2,24,25,28). The van der Waals surface area contributed by atoms with E-state index in [-0.39, 0.29) is 10.9 Å². The van der Waals surface area contributed by atoms with E-state index in [0.717, 1.165) is 22.5 Å². The number of nitrogens with one attached hydrogen (secondary N) is 2. The fourth-order valence-corrected chi connectivity index (χ4v) is 5.26. The van der Waals surface area contributed by atoms with Crippen molar-refractivity contribution in [2.24, 2.45) is 4.40 Å². The van der Waals surface area contributed by atoms with Crippen molar-refractivity contribution in [3.63, 3.8) is 0 Å². The van der Waals surface area contributed by atoms with Gasteiger partial charge in [0.05, 0.1) is 0 Å². The Labute approximate surface area is 180 Å². The minimum absolute atomic E-state index is 0.254. The summed E-state index contributed by atoms with van der Waals surface area (Å²) in [7, 11) is -3.65. The predicted octanol–water partition coefficient (Wildman–Crippen LogP) is 3.84. The van der Waals surface area contributed by atoms with Gasteiger partial charge in [0.15, 0.2) is 5.84 Å². The minimum Gasteiger partial charge on any atom is -0.351 e. The smallest absolute Gasteiger partial charge is 0.323 e. The Bertz CT molecular complexity index is 1300. The average Bonchev–Trinajstić information content (AvgIpc) is 3.05. The maximum Gasteiger partial charge on any atom is 0.323 e. The van der Waals surface area contributed by atoms with Crippen molar-refractivity contribution in [3.05, 3.63) is 89.5 Å². The molecule has 0 aromatic heterocycles. The van der Waals surface area contributed by atoms with E-state index in [1.165, 1.54) is 0 Å². The Morgan fingerprint density at radius 3 is 2.52 bits per heavy atom. The van der Waals surface area contributed by atoms with Gasteiger partial charge in [-0.15, -0.1) is 4.40 Å². The van der Waals surface area contributed by atoms with E-state index in [1.807, 2.05) is 59.5 Å². The number of hydrogen-bond acceptors (Lipinski definition) is 4. The molecule has 2 N–H and O–H groups in total. The number of amidine groups is 1. The van der Waals surface area contributed by atoms with Crippen LogP contribution in [0.25, 0.3) is 0 Å². The fourth-order valence-electron chi connectivity index (χ4n) is 4.03. The molecule has 0 bridgehead atoms. The number of hydrogen-bond donors (Lipinski definition) is 2. The van der Waals surface area contributed by atoms with E-state index in [1.54, 1.807) is 18.2 Å². The van der Waals surface area contributed by atoms with Crippen LogP contribution in [0.3, 0.4) is 0 Å². The number of urea groups is 1. The molecule has 3 aromatic rings. The summed E-state index contributed by atoms with van der Waals surface area (Å²) in [5.41, 5.74) is 4.20. The highest BCUT2D eigenvalue weighted by Crippen LogP contribution is 2.32. The first-order valence-corrected chi connectivity index (χ1v) is 11.4. The van der Waals surface area contributed by atoms with Gasteiger partial charge in [-0.25, -0.2) is 4.79 Å². The van der Waals surface area contributed by atoms with Crippen molar-refractivity contribution < 1.29 is 13.2 Å². The van der Waals surface area contributed by atoms with Gasteiger partial charge < -0.3 is 15.5 Å². The average molecular weight is 433 g/mol. The van der Waals surface area contributed by atoms with E-state index in [0.29, 0.717) is 30.9 Å². The van der Waals surface area contributed by atoms with Crippen molar-refractivity contribution in [2.45, 2.75) is 17.9 Å². The molecule has 2 heterocycles. The zero-order valence-electron chi connectivity index (χ0n) is 16.6. The van der Waals surface area contributed by atoms with Crippen LogP contribution in [-0.2, 0) is 23.0 Å². The Balaban J connectivity index is 1.37. The lowest BCUT2D eigenvalue weighted by atomic mass is 9.97. The topological polar surface area (TPSA) is 90.9 Å². The zero-order valence-corrected chi connectivity index (χ0v) is 17.4. The summed E-state index contributed by atoms with van der Waals surface area (Å²) < 4.78 is 28.9. The number of amides is 2. The highest BCUT2D eigenvalue weighted by atomic mass is 32.2. The number of carbonyl (C=O) groups is 1. The number of nitrogens with zero attached hydrogens (tertiary/aromatic N) is 2. The second-order valence-electron chi connectivity index (χ2n) is 7.45. The monoisotopic (exact) mass is 432 g/mol. The molecule has 0 atom stereocenters. The summed E-state index contributed by atoms with van der Waals surface area (Å²) in [5.74, 6) is 0.487. The maximum absolute atomic E-state index is 12.4. The van der Waals surface area contributed by atoms with Gasteiger partial charge in [0.25, 0.3) is 10.0 Å². The lowest BCUT2D eigenvalue weighted by Crippen LogP contribution is -2.36. The number of benzene rings is 3. The normalized spacial score (nSPS) is 16.1. The SMILES string of the molecule is O=C(Nc1ccccc1)Nc1cccc2c1CCN(C1=NS(=O)(=O)c3ccccc31)C2. The molecule has 31 heavy (non-hydrogen) atoms. The number of anilines is 2. The quantitative estimate of drug-likeness (QED) is 0.644. The number of para-hydroxylation sites is 1. The predicted molar refractivity (Wildman–Crippen MR) is 120 cm³/mol. The molecule has 7 nitrogen and oxygen atoms in total. The third-order valence-electron chi connectivity index (χ3n) is 5.46. The summed E-state index contributed by atoms with van der Waals surface area (Å²) in [4.78, 5) is 14.7. The summed E-state index contributed by atoms with van der Waals surface area (Å²) >= 11 is 0. The summed E-state index contributed by atoms with van der Waals surface area (Å²) in [6, 6.07) is 21.6. The Hall–Kier alpha value is -3.65. The van der Waals surface area contributed by atoms with E-state index in [9.17, 15) is 13.2 Å². The third kappa shape index (κ3) is 3.66. The van der Waals surface area contributed by atoms with Crippen molar-refractivity contribution in [3.8, 4) is 0 Å². The van der Waals surface area contributed by atoms with E-state index >= 15 is 0 Å². The van der Waals surface area contributed by atoms with Gasteiger partial charge >= 0.3 is 6.03 Å². The molecule has 2 aliphatic rings. The molecular formula is C23H20N4O3S. The molecule has 2 amide bonds. The van der Waals surface area contributed by atoms with Gasteiger partial charge in [0, 0.05) is 30.0 Å².